The molecule has 2 aromatic carbocycles. The minimum absolute atomic E-state index is 0.0528. The van der Waals surface area contributed by atoms with Gasteiger partial charge in [-0.05, 0) is 86.9 Å². The fourth-order valence-electron chi connectivity index (χ4n) is 5.83. The molecule has 10 nitrogen and oxygen atoms in total. The third-order valence-electron chi connectivity index (χ3n) is 9.19. The van der Waals surface area contributed by atoms with Gasteiger partial charge in [0.05, 0.1) is 12.0 Å². The monoisotopic (exact) mass is 668 g/mol. The third-order valence-corrected chi connectivity index (χ3v) is 9.19. The second-order valence-electron chi connectivity index (χ2n) is 15.6. The third kappa shape index (κ3) is 9.52. The summed E-state index contributed by atoms with van der Waals surface area (Å²) < 4.78 is 5.75. The van der Waals surface area contributed by atoms with Gasteiger partial charge in [0, 0.05) is 29.5 Å². The zero-order valence-electron chi connectivity index (χ0n) is 29.9. The Hall–Kier alpha value is -3.12. The molecule has 2 aromatic rings. The summed E-state index contributed by atoms with van der Waals surface area (Å²) in [6.07, 6.45) is -2.45. The van der Waals surface area contributed by atoms with Crippen molar-refractivity contribution in [3.05, 3.63) is 69.8 Å². The molecule has 1 aliphatic rings. The van der Waals surface area contributed by atoms with Crippen LogP contribution in [0.15, 0.2) is 36.4 Å². The van der Waals surface area contributed by atoms with Crippen molar-refractivity contribution in [2.75, 3.05) is 13.2 Å². The second-order valence-corrected chi connectivity index (χ2v) is 15.6. The molecule has 0 aliphatic carbocycles. The number of carbonyl (C=O) groups excluding carboxylic acids is 2. The normalized spacial score (nSPS) is 22.4. The van der Waals surface area contributed by atoms with E-state index in [0.29, 0.717) is 13.0 Å². The summed E-state index contributed by atoms with van der Waals surface area (Å²) in [6, 6.07) is 9.43. The number of phenolic OH excluding ortho intramolecular Hbond substituents is 1. The van der Waals surface area contributed by atoms with Gasteiger partial charge in [0.15, 0.2) is 0 Å². The van der Waals surface area contributed by atoms with Crippen LogP contribution < -0.4 is 11.1 Å². The van der Waals surface area contributed by atoms with E-state index in [1.54, 1.807) is 26.0 Å². The van der Waals surface area contributed by atoms with Gasteiger partial charge in [-0.25, -0.2) is 0 Å². The summed E-state index contributed by atoms with van der Waals surface area (Å²) >= 11 is 0. The van der Waals surface area contributed by atoms with Crippen LogP contribution >= 0.6 is 0 Å². The molecule has 10 heteroatoms. The van der Waals surface area contributed by atoms with Crippen LogP contribution in [0.25, 0.3) is 6.08 Å². The topological polar surface area (TPSA) is 183 Å². The zero-order chi connectivity index (χ0) is 36.4. The highest BCUT2D eigenvalue weighted by Gasteiger charge is 2.45. The number of nitrogens with one attached hydrogen (secondary N) is 1. The largest absolute Gasteiger partial charge is 0.508 e. The van der Waals surface area contributed by atoms with Crippen molar-refractivity contribution in [1.29, 1.82) is 0 Å². The minimum Gasteiger partial charge on any atom is -0.508 e. The predicted octanol–water partition coefficient (Wildman–Crippen LogP) is 3.81. The molecule has 3 rings (SSSR count). The summed E-state index contributed by atoms with van der Waals surface area (Å²) in [7, 11) is 0. The molecule has 8 N–H and O–H groups in total. The lowest BCUT2D eigenvalue weighted by molar-refractivity contribution is -0.232. The van der Waals surface area contributed by atoms with Crippen molar-refractivity contribution >= 4 is 17.8 Å². The number of benzene rings is 2. The number of hydrogen-bond donors (Lipinski definition) is 7. The van der Waals surface area contributed by atoms with E-state index < -0.39 is 53.5 Å². The number of rotatable bonds is 13. The standard InChI is InChI=1S/C38H56N2O8/c1-21(2)26-17-28(42)27(34-33(46)32(45)31(44)29(19-41)48-34)16-25(26)15-24-11-10-23(14-22(24)3)12-13-36(4,5)30(43)18-37(6,7)35(47)40-20-38(8,9)39/h10-14,16-17,21,29,31-34,41-42,44-46H,15,18-20,39H2,1-9H3,(H,40,47)/b13-12+/t29-,31-,32+,33-,34+/m1/s1. The average Bonchev–Trinajstić information content (AvgIpc) is 2.99. The maximum Gasteiger partial charge on any atom is 0.226 e. The Balaban J connectivity index is 1.82. The molecule has 0 bridgehead atoms. The fraction of sp³-hybridized carbons (Fsp3) is 0.579. The van der Waals surface area contributed by atoms with E-state index in [9.17, 15) is 35.1 Å². The van der Waals surface area contributed by atoms with Crippen LogP contribution in [0.3, 0.4) is 0 Å². The number of ketones is 1. The first-order valence-corrected chi connectivity index (χ1v) is 16.6. The van der Waals surface area contributed by atoms with Crippen molar-refractivity contribution in [3.8, 4) is 5.75 Å². The molecule has 1 amide bonds. The van der Waals surface area contributed by atoms with E-state index in [0.717, 1.165) is 27.8 Å². The number of amides is 1. The van der Waals surface area contributed by atoms with Crippen LogP contribution in [0.5, 0.6) is 5.75 Å². The Bertz CT molecular complexity index is 1490. The van der Waals surface area contributed by atoms with Crippen LogP contribution in [0.4, 0.5) is 0 Å². The molecule has 1 fully saturated rings. The smallest absolute Gasteiger partial charge is 0.226 e. The number of ether oxygens (including phenoxy) is 1. The van der Waals surface area contributed by atoms with Gasteiger partial charge in [-0.15, -0.1) is 0 Å². The molecule has 0 aromatic heterocycles. The summed E-state index contributed by atoms with van der Waals surface area (Å²) in [5.74, 6) is -0.303. The first-order chi connectivity index (χ1) is 22.1. The lowest BCUT2D eigenvalue weighted by Gasteiger charge is -2.40. The lowest BCUT2D eigenvalue weighted by Crippen LogP contribution is -2.55. The summed E-state index contributed by atoms with van der Waals surface area (Å²) in [4.78, 5) is 26.1. The lowest BCUT2D eigenvalue weighted by atomic mass is 9.77. The van der Waals surface area contributed by atoms with Crippen molar-refractivity contribution in [2.45, 2.75) is 117 Å². The quantitative estimate of drug-likeness (QED) is 0.167. The van der Waals surface area contributed by atoms with E-state index in [1.807, 2.05) is 78.8 Å². The summed E-state index contributed by atoms with van der Waals surface area (Å²) in [5, 5.41) is 54.8. The minimum atomic E-state index is -1.56. The predicted molar refractivity (Wildman–Crippen MR) is 186 cm³/mol. The van der Waals surface area contributed by atoms with Gasteiger partial charge in [0.2, 0.25) is 5.91 Å². The Morgan fingerprint density at radius 1 is 0.979 bits per heavy atom. The van der Waals surface area contributed by atoms with Gasteiger partial charge in [-0.2, -0.15) is 0 Å². The number of aromatic hydroxyl groups is 1. The van der Waals surface area contributed by atoms with E-state index in [4.69, 9.17) is 10.5 Å². The van der Waals surface area contributed by atoms with E-state index in [2.05, 4.69) is 5.32 Å². The molecule has 5 atom stereocenters. The molecule has 0 radical (unpaired) electrons. The number of aryl methyl sites for hydroxylation is 1. The van der Waals surface area contributed by atoms with Gasteiger partial charge in [-0.3, -0.25) is 9.59 Å². The highest BCUT2D eigenvalue weighted by molar-refractivity contribution is 5.93. The highest BCUT2D eigenvalue weighted by Crippen LogP contribution is 2.40. The Morgan fingerprint density at radius 3 is 2.19 bits per heavy atom. The van der Waals surface area contributed by atoms with Gasteiger partial charge < -0.3 is 41.3 Å². The molecule has 1 saturated heterocycles. The molecular formula is C38H56N2O8. The van der Waals surface area contributed by atoms with Crippen LogP contribution in [-0.2, 0) is 20.7 Å². The number of aliphatic hydroxyl groups is 4. The Morgan fingerprint density at radius 2 is 1.62 bits per heavy atom. The van der Waals surface area contributed by atoms with E-state index >= 15 is 0 Å². The number of phenols is 1. The maximum atomic E-state index is 13.3. The average molecular weight is 669 g/mol. The van der Waals surface area contributed by atoms with Gasteiger partial charge in [-0.1, -0.05) is 58.0 Å². The van der Waals surface area contributed by atoms with Crippen LogP contribution in [0.1, 0.15) is 107 Å². The summed E-state index contributed by atoms with van der Waals surface area (Å²) in [5.41, 5.74) is 8.77. The number of hydrogen-bond acceptors (Lipinski definition) is 9. The number of aliphatic hydroxyl groups excluding tert-OH is 4. The number of Topliss-reactive ketones (excluding diaryl/α,β-unsaturated/α-hetero) is 1. The molecule has 0 unspecified atom stereocenters. The molecule has 1 heterocycles. The van der Waals surface area contributed by atoms with Gasteiger partial charge in [0.25, 0.3) is 0 Å². The number of allylic oxidation sites excluding steroid dienone is 1. The number of nitrogens with two attached hydrogens (primary N) is 1. The first-order valence-electron chi connectivity index (χ1n) is 16.6. The SMILES string of the molecule is Cc1cc(/C=C/C(C)(C)C(=O)CC(C)(C)C(=O)NCC(C)(C)N)ccc1Cc1cc([C@@H]2O[C@H](CO)[C@@H](O)[C@H](O)[C@H]2O)c(O)cc1C(C)C. The molecule has 1 aliphatic heterocycles. The van der Waals surface area contributed by atoms with Gasteiger partial charge in [0.1, 0.15) is 42.1 Å². The van der Waals surface area contributed by atoms with Crippen molar-refractivity contribution in [2.24, 2.45) is 16.6 Å². The van der Waals surface area contributed by atoms with Crippen molar-refractivity contribution in [3.63, 3.8) is 0 Å². The van der Waals surface area contributed by atoms with E-state index in [1.165, 1.54) is 0 Å². The van der Waals surface area contributed by atoms with E-state index in [-0.39, 0.29) is 35.3 Å². The Kier molecular flexibility index (Phi) is 12.4. The summed E-state index contributed by atoms with van der Waals surface area (Å²) in [6.45, 7) is 16.6. The van der Waals surface area contributed by atoms with Crippen LogP contribution in [-0.4, -0.2) is 80.3 Å². The van der Waals surface area contributed by atoms with Gasteiger partial charge >= 0.3 is 0 Å². The van der Waals surface area contributed by atoms with Crippen LogP contribution in [0.2, 0.25) is 0 Å². The zero-order valence-corrected chi connectivity index (χ0v) is 29.9. The van der Waals surface area contributed by atoms with Crippen LogP contribution in [0, 0.1) is 17.8 Å². The molecule has 266 valence electrons. The fourth-order valence-corrected chi connectivity index (χ4v) is 5.83. The van der Waals surface area contributed by atoms with Crippen molar-refractivity contribution < 1.29 is 39.9 Å². The second kappa shape index (κ2) is 15.2. The molecule has 0 saturated carbocycles. The Labute approximate surface area is 285 Å². The first kappa shape index (κ1) is 39.3. The highest BCUT2D eigenvalue weighted by atomic mass is 16.5. The molecule has 48 heavy (non-hydrogen) atoms. The molecule has 0 spiro atoms. The van der Waals surface area contributed by atoms with Crippen molar-refractivity contribution in [1.82, 2.24) is 5.32 Å². The molecular weight excluding hydrogens is 612 g/mol. The maximum absolute atomic E-state index is 13.3. The number of carbonyl (C=O) groups is 2.